The van der Waals surface area contributed by atoms with Gasteiger partial charge in [0.1, 0.15) is 0 Å². The number of esters is 1. The van der Waals surface area contributed by atoms with Crippen LogP contribution in [0.5, 0.6) is 0 Å². The predicted molar refractivity (Wildman–Crippen MR) is 120 cm³/mol. The van der Waals surface area contributed by atoms with Crippen LogP contribution in [-0.4, -0.2) is 34.7 Å². The fourth-order valence-electron chi connectivity index (χ4n) is 2.88. The highest BCUT2D eigenvalue weighted by molar-refractivity contribution is 6.07. The van der Waals surface area contributed by atoms with E-state index in [1.165, 1.54) is 73.8 Å². The molecule has 0 atom stereocenters. The number of nitro groups is 2. The van der Waals surface area contributed by atoms with Crippen LogP contribution in [0.25, 0.3) is 0 Å². The molecule has 0 fully saturated rings. The second kappa shape index (κ2) is 9.99. The lowest BCUT2D eigenvalue weighted by Gasteiger charge is -2.12. The van der Waals surface area contributed by atoms with E-state index in [1.807, 2.05) is 0 Å². The van der Waals surface area contributed by atoms with E-state index < -0.39 is 27.6 Å². The summed E-state index contributed by atoms with van der Waals surface area (Å²) in [5.74, 6) is -1.94. The molecule has 12 heteroatoms. The Morgan fingerprint density at radius 1 is 0.676 bits per heavy atom. The number of benzene rings is 3. The standard InChI is InChI=1S/C22H16N4O8/c1-34-22(29)15-10-16(23-20(27)13-2-6-18(7-3-13)25(30)31)12-17(11-15)24-21(28)14-4-8-19(9-5-14)26(32)33/h2-12H,1H3,(H,23,27)(H,24,28). The average molecular weight is 464 g/mol. The molecule has 12 nitrogen and oxygen atoms in total. The first kappa shape index (κ1) is 23.5. The molecule has 0 bridgehead atoms. The Morgan fingerprint density at radius 2 is 1.06 bits per heavy atom. The van der Waals surface area contributed by atoms with Gasteiger partial charge in [0.05, 0.1) is 22.5 Å². The molecule has 3 aromatic rings. The molecule has 0 unspecified atom stereocenters. The summed E-state index contributed by atoms with van der Waals surface area (Å²) >= 11 is 0. The summed E-state index contributed by atoms with van der Waals surface area (Å²) in [6, 6.07) is 13.8. The number of methoxy groups -OCH3 is 1. The molecule has 0 saturated carbocycles. The Hall–Kier alpha value is -5.13. The molecule has 3 aromatic carbocycles. The quantitative estimate of drug-likeness (QED) is 0.302. The second-order valence-electron chi connectivity index (χ2n) is 6.81. The Labute approximate surface area is 191 Å². The van der Waals surface area contributed by atoms with Crippen LogP contribution in [0.2, 0.25) is 0 Å². The van der Waals surface area contributed by atoms with Crippen molar-refractivity contribution < 1.29 is 29.0 Å². The topological polar surface area (TPSA) is 171 Å². The fourth-order valence-corrected chi connectivity index (χ4v) is 2.88. The fraction of sp³-hybridized carbons (Fsp3) is 0.0455. The van der Waals surface area contributed by atoms with E-state index in [1.54, 1.807) is 0 Å². The van der Waals surface area contributed by atoms with Crippen molar-refractivity contribution in [3.8, 4) is 0 Å². The number of nitrogens with one attached hydrogen (secondary N) is 2. The lowest BCUT2D eigenvalue weighted by Crippen LogP contribution is -2.15. The summed E-state index contributed by atoms with van der Waals surface area (Å²) < 4.78 is 4.70. The monoisotopic (exact) mass is 464 g/mol. The molecule has 0 radical (unpaired) electrons. The van der Waals surface area contributed by atoms with Gasteiger partial charge in [-0.3, -0.25) is 29.8 Å². The van der Waals surface area contributed by atoms with Crippen LogP contribution in [0.15, 0.2) is 66.7 Å². The normalized spacial score (nSPS) is 10.1. The largest absolute Gasteiger partial charge is 0.465 e. The van der Waals surface area contributed by atoms with Crippen molar-refractivity contribution in [1.82, 2.24) is 0 Å². The molecule has 0 aliphatic carbocycles. The zero-order chi connectivity index (χ0) is 24.8. The summed E-state index contributed by atoms with van der Waals surface area (Å²) in [5.41, 5.74) is 0.218. The molecule has 3 rings (SSSR count). The van der Waals surface area contributed by atoms with Gasteiger partial charge in [0, 0.05) is 46.8 Å². The van der Waals surface area contributed by atoms with Crippen molar-refractivity contribution in [2.24, 2.45) is 0 Å². The van der Waals surface area contributed by atoms with Gasteiger partial charge < -0.3 is 15.4 Å². The number of nitrogens with zero attached hydrogens (tertiary/aromatic N) is 2. The first-order valence-corrected chi connectivity index (χ1v) is 9.53. The number of rotatable bonds is 7. The predicted octanol–water partition coefficient (Wildman–Crippen LogP) is 3.79. The molecular formula is C22H16N4O8. The third kappa shape index (κ3) is 5.56. The highest BCUT2D eigenvalue weighted by Gasteiger charge is 2.15. The maximum absolute atomic E-state index is 12.5. The molecule has 0 saturated heterocycles. The average Bonchev–Trinajstić information content (AvgIpc) is 2.83. The molecule has 0 spiro atoms. The van der Waals surface area contributed by atoms with Crippen molar-refractivity contribution in [2.45, 2.75) is 0 Å². The molecular weight excluding hydrogens is 448 g/mol. The summed E-state index contributed by atoms with van der Waals surface area (Å²) in [6.07, 6.45) is 0. The van der Waals surface area contributed by atoms with Crippen LogP contribution in [0.1, 0.15) is 31.1 Å². The molecule has 0 aliphatic heterocycles. The molecule has 0 aromatic heterocycles. The van der Waals surface area contributed by atoms with Crippen molar-refractivity contribution in [3.63, 3.8) is 0 Å². The molecule has 34 heavy (non-hydrogen) atoms. The molecule has 172 valence electrons. The minimum atomic E-state index is -0.725. The Balaban J connectivity index is 1.84. The van der Waals surface area contributed by atoms with Crippen LogP contribution >= 0.6 is 0 Å². The Kier molecular flexibility index (Phi) is 6.92. The lowest BCUT2D eigenvalue weighted by atomic mass is 10.1. The SMILES string of the molecule is COC(=O)c1cc(NC(=O)c2ccc([N+](=O)[O-])cc2)cc(NC(=O)c2ccc([N+](=O)[O-])cc2)c1. The number of carbonyl (C=O) groups excluding carboxylic acids is 3. The van der Waals surface area contributed by atoms with Crippen LogP contribution in [-0.2, 0) is 4.74 Å². The van der Waals surface area contributed by atoms with Crippen LogP contribution in [0.3, 0.4) is 0 Å². The van der Waals surface area contributed by atoms with E-state index in [-0.39, 0.29) is 39.4 Å². The number of amides is 2. The number of anilines is 2. The first-order valence-electron chi connectivity index (χ1n) is 9.53. The highest BCUT2D eigenvalue weighted by atomic mass is 16.6. The number of carbonyl (C=O) groups is 3. The van der Waals surface area contributed by atoms with Crippen molar-refractivity contribution >= 4 is 40.5 Å². The van der Waals surface area contributed by atoms with Crippen molar-refractivity contribution in [1.29, 1.82) is 0 Å². The molecule has 0 aliphatic rings. The maximum Gasteiger partial charge on any atom is 0.337 e. The van der Waals surface area contributed by atoms with Gasteiger partial charge in [0.15, 0.2) is 0 Å². The summed E-state index contributed by atoms with van der Waals surface area (Å²) in [7, 11) is 1.17. The minimum absolute atomic E-state index is 0.0306. The van der Waals surface area contributed by atoms with Crippen molar-refractivity contribution in [2.75, 3.05) is 17.7 Å². The van der Waals surface area contributed by atoms with Gasteiger partial charge in [-0.05, 0) is 42.5 Å². The van der Waals surface area contributed by atoms with Gasteiger partial charge in [-0.25, -0.2) is 4.79 Å². The summed E-state index contributed by atoms with van der Waals surface area (Å²) in [4.78, 5) is 57.5. The van der Waals surface area contributed by atoms with E-state index in [0.717, 1.165) is 0 Å². The maximum atomic E-state index is 12.5. The number of non-ortho nitro benzene ring substituents is 2. The smallest absolute Gasteiger partial charge is 0.337 e. The van der Waals surface area contributed by atoms with Crippen LogP contribution in [0, 0.1) is 20.2 Å². The number of hydrogen-bond donors (Lipinski definition) is 2. The van der Waals surface area contributed by atoms with E-state index >= 15 is 0 Å². The van der Waals surface area contributed by atoms with Crippen molar-refractivity contribution in [3.05, 3.63) is 104 Å². The molecule has 0 heterocycles. The zero-order valence-electron chi connectivity index (χ0n) is 17.5. The van der Waals surface area contributed by atoms with Crippen LogP contribution < -0.4 is 10.6 Å². The third-order valence-corrected chi connectivity index (χ3v) is 4.55. The zero-order valence-corrected chi connectivity index (χ0v) is 17.5. The number of ether oxygens (including phenoxy) is 1. The Morgan fingerprint density at radius 3 is 1.38 bits per heavy atom. The lowest BCUT2D eigenvalue weighted by molar-refractivity contribution is -0.385. The van der Waals surface area contributed by atoms with Gasteiger partial charge in [-0.2, -0.15) is 0 Å². The summed E-state index contributed by atoms with van der Waals surface area (Å²) in [6.45, 7) is 0. The number of nitro benzene ring substituents is 2. The highest BCUT2D eigenvalue weighted by Crippen LogP contribution is 2.22. The second-order valence-corrected chi connectivity index (χ2v) is 6.81. The third-order valence-electron chi connectivity index (χ3n) is 4.55. The van der Waals surface area contributed by atoms with Crippen LogP contribution in [0.4, 0.5) is 22.7 Å². The molecule has 2 N–H and O–H groups in total. The van der Waals surface area contributed by atoms with E-state index in [2.05, 4.69) is 10.6 Å². The van der Waals surface area contributed by atoms with Gasteiger partial charge in [-0.15, -0.1) is 0 Å². The van der Waals surface area contributed by atoms with E-state index in [0.29, 0.717) is 0 Å². The van der Waals surface area contributed by atoms with Gasteiger partial charge >= 0.3 is 5.97 Å². The first-order chi connectivity index (χ1) is 16.2. The molecule has 2 amide bonds. The Bertz CT molecular complexity index is 1200. The van der Waals surface area contributed by atoms with Gasteiger partial charge in [0.25, 0.3) is 23.2 Å². The minimum Gasteiger partial charge on any atom is -0.465 e. The van der Waals surface area contributed by atoms with E-state index in [4.69, 9.17) is 4.74 Å². The van der Waals surface area contributed by atoms with Gasteiger partial charge in [-0.1, -0.05) is 0 Å². The van der Waals surface area contributed by atoms with E-state index in [9.17, 15) is 34.6 Å². The number of hydrogen-bond acceptors (Lipinski definition) is 8. The van der Waals surface area contributed by atoms with Gasteiger partial charge in [0.2, 0.25) is 0 Å². The summed E-state index contributed by atoms with van der Waals surface area (Å²) in [5, 5.41) is 26.7.